The van der Waals surface area contributed by atoms with Crippen LogP contribution in [-0.4, -0.2) is 67.1 Å². The molecule has 2 unspecified atom stereocenters. The Bertz CT molecular complexity index is 1170. The minimum absolute atomic E-state index is 0.0347. The molecule has 1 fully saturated rings. The number of hydrogen-bond donors (Lipinski definition) is 0. The predicted molar refractivity (Wildman–Crippen MR) is 135 cm³/mol. The van der Waals surface area contributed by atoms with Crippen LogP contribution in [0.15, 0.2) is 53.4 Å². The summed E-state index contributed by atoms with van der Waals surface area (Å²) in [6.45, 7) is 7.60. The largest absolute Gasteiger partial charge is 0.340 e. The Morgan fingerprint density at radius 3 is 2.26 bits per heavy atom. The van der Waals surface area contributed by atoms with Crippen molar-refractivity contribution < 1.29 is 18.0 Å². The third kappa shape index (κ3) is 5.28. The summed E-state index contributed by atoms with van der Waals surface area (Å²) in [5.74, 6) is 0.303. The molecule has 0 radical (unpaired) electrons. The highest BCUT2D eigenvalue weighted by Crippen LogP contribution is 2.33. The Morgan fingerprint density at radius 2 is 1.63 bits per heavy atom. The van der Waals surface area contributed by atoms with Gasteiger partial charge < -0.3 is 9.80 Å². The van der Waals surface area contributed by atoms with Crippen LogP contribution in [-0.2, 0) is 26.0 Å². The van der Waals surface area contributed by atoms with Gasteiger partial charge in [0.25, 0.3) is 0 Å². The van der Waals surface area contributed by atoms with Crippen LogP contribution in [0.2, 0.25) is 0 Å². The van der Waals surface area contributed by atoms with E-state index in [1.807, 2.05) is 30.3 Å². The molecule has 2 aromatic rings. The molecule has 2 aliphatic rings. The normalized spacial score (nSPS) is 19.8. The van der Waals surface area contributed by atoms with Gasteiger partial charge >= 0.3 is 0 Å². The zero-order valence-corrected chi connectivity index (χ0v) is 21.6. The molecular weight excluding hydrogens is 462 g/mol. The van der Waals surface area contributed by atoms with E-state index in [1.54, 1.807) is 28.9 Å². The van der Waals surface area contributed by atoms with Crippen LogP contribution in [0, 0.1) is 0 Å². The minimum atomic E-state index is -3.61. The standard InChI is InChI=1S/C27H35N3O4S/c1-4-20(2)22-9-11-24(12-10-22)35(33,34)29-17-15-28(16-18-29)27(32)19-26-25-8-6-5-7-23(25)13-14-30(26)21(3)31/h5-12,20,26H,4,13-19H2,1-3H3. The fourth-order valence-corrected chi connectivity index (χ4v) is 6.50. The number of rotatable bonds is 6. The molecule has 2 aromatic carbocycles. The molecule has 0 N–H and O–H groups in total. The van der Waals surface area contributed by atoms with Crippen molar-refractivity contribution in [1.29, 1.82) is 0 Å². The van der Waals surface area contributed by atoms with E-state index < -0.39 is 10.0 Å². The highest BCUT2D eigenvalue weighted by Gasteiger charge is 2.34. The van der Waals surface area contributed by atoms with Gasteiger partial charge in [-0.25, -0.2) is 8.42 Å². The molecule has 2 heterocycles. The zero-order chi connectivity index (χ0) is 25.2. The zero-order valence-electron chi connectivity index (χ0n) is 20.8. The van der Waals surface area contributed by atoms with Gasteiger partial charge in [0.05, 0.1) is 17.4 Å². The minimum Gasteiger partial charge on any atom is -0.340 e. The second kappa shape index (κ2) is 10.5. The van der Waals surface area contributed by atoms with Gasteiger partial charge in [-0.2, -0.15) is 4.31 Å². The number of piperazine rings is 1. The highest BCUT2D eigenvalue weighted by atomic mass is 32.2. The van der Waals surface area contributed by atoms with E-state index in [2.05, 4.69) is 19.9 Å². The summed E-state index contributed by atoms with van der Waals surface area (Å²) < 4.78 is 27.8. The molecule has 0 bridgehead atoms. The van der Waals surface area contributed by atoms with Gasteiger partial charge in [-0.05, 0) is 47.6 Å². The van der Waals surface area contributed by atoms with Crippen molar-refractivity contribution in [2.45, 2.75) is 56.9 Å². The molecule has 4 rings (SSSR count). The van der Waals surface area contributed by atoms with Gasteiger partial charge in [0.1, 0.15) is 0 Å². The first-order valence-electron chi connectivity index (χ1n) is 12.4. The highest BCUT2D eigenvalue weighted by molar-refractivity contribution is 7.89. The van der Waals surface area contributed by atoms with Crippen molar-refractivity contribution in [1.82, 2.24) is 14.1 Å². The Balaban J connectivity index is 1.41. The SMILES string of the molecule is CCC(C)c1ccc(S(=O)(=O)N2CCN(C(=O)CC3c4ccccc4CCN3C(C)=O)CC2)cc1. The number of benzene rings is 2. The summed E-state index contributed by atoms with van der Waals surface area (Å²) in [5.41, 5.74) is 3.34. The molecule has 2 atom stereocenters. The number of carbonyl (C=O) groups excluding carboxylic acids is 2. The third-order valence-corrected chi connectivity index (χ3v) is 9.39. The molecular formula is C27H35N3O4S. The van der Waals surface area contributed by atoms with Crippen LogP contribution in [0.4, 0.5) is 0 Å². The molecule has 2 amide bonds. The average Bonchev–Trinajstić information content (AvgIpc) is 2.88. The number of hydrogen-bond acceptors (Lipinski definition) is 4. The van der Waals surface area contributed by atoms with E-state index in [0.717, 1.165) is 24.0 Å². The first-order valence-corrected chi connectivity index (χ1v) is 13.9. The topological polar surface area (TPSA) is 78.0 Å². The first kappa shape index (κ1) is 25.4. The Kier molecular flexibility index (Phi) is 7.62. The van der Waals surface area contributed by atoms with Crippen LogP contribution < -0.4 is 0 Å². The van der Waals surface area contributed by atoms with Crippen LogP contribution in [0.3, 0.4) is 0 Å². The van der Waals surface area contributed by atoms with Crippen LogP contribution in [0.5, 0.6) is 0 Å². The second-order valence-electron chi connectivity index (χ2n) is 9.54. The summed E-state index contributed by atoms with van der Waals surface area (Å²) in [6.07, 6.45) is 1.99. The average molecular weight is 498 g/mol. The number of carbonyl (C=O) groups is 2. The van der Waals surface area contributed by atoms with Gasteiger partial charge in [-0.3, -0.25) is 9.59 Å². The van der Waals surface area contributed by atoms with Gasteiger partial charge in [0.15, 0.2) is 0 Å². The Morgan fingerprint density at radius 1 is 0.971 bits per heavy atom. The Labute approximate surface area is 208 Å². The van der Waals surface area contributed by atoms with Crippen molar-refractivity contribution in [2.24, 2.45) is 0 Å². The maximum atomic E-state index is 13.2. The molecule has 7 nitrogen and oxygen atoms in total. The van der Waals surface area contributed by atoms with Gasteiger partial charge in [-0.15, -0.1) is 0 Å². The maximum absolute atomic E-state index is 13.2. The molecule has 1 saturated heterocycles. The van der Waals surface area contributed by atoms with Crippen molar-refractivity contribution in [3.05, 3.63) is 65.2 Å². The number of nitrogens with zero attached hydrogens (tertiary/aromatic N) is 3. The monoisotopic (exact) mass is 497 g/mol. The molecule has 188 valence electrons. The summed E-state index contributed by atoms with van der Waals surface area (Å²) in [6, 6.07) is 14.9. The number of sulfonamides is 1. The molecule has 35 heavy (non-hydrogen) atoms. The number of fused-ring (bicyclic) bond motifs is 1. The number of amides is 2. The molecule has 0 spiro atoms. The quantitative estimate of drug-likeness (QED) is 0.611. The lowest BCUT2D eigenvalue weighted by Gasteiger charge is -2.39. The molecule has 8 heteroatoms. The van der Waals surface area contributed by atoms with Crippen LogP contribution in [0.25, 0.3) is 0 Å². The summed E-state index contributed by atoms with van der Waals surface area (Å²) in [5, 5.41) is 0. The summed E-state index contributed by atoms with van der Waals surface area (Å²) in [4.78, 5) is 29.3. The third-order valence-electron chi connectivity index (χ3n) is 7.48. The van der Waals surface area contributed by atoms with Gasteiger partial charge in [0.2, 0.25) is 21.8 Å². The summed E-state index contributed by atoms with van der Waals surface area (Å²) >= 11 is 0. The summed E-state index contributed by atoms with van der Waals surface area (Å²) in [7, 11) is -3.61. The lowest BCUT2D eigenvalue weighted by Crippen LogP contribution is -2.51. The van der Waals surface area contributed by atoms with Crippen LogP contribution in [0.1, 0.15) is 62.3 Å². The van der Waals surface area contributed by atoms with E-state index in [-0.39, 0.29) is 37.4 Å². The molecule has 0 aliphatic carbocycles. The first-order chi connectivity index (χ1) is 16.7. The van der Waals surface area contributed by atoms with Crippen molar-refractivity contribution >= 4 is 21.8 Å². The fourth-order valence-electron chi connectivity index (χ4n) is 5.07. The van der Waals surface area contributed by atoms with Gasteiger partial charge in [-0.1, -0.05) is 50.2 Å². The fraction of sp³-hybridized carbons (Fsp3) is 0.481. The molecule has 2 aliphatic heterocycles. The predicted octanol–water partition coefficient (Wildman–Crippen LogP) is 3.57. The Hall–Kier alpha value is -2.71. The van der Waals surface area contributed by atoms with E-state index in [9.17, 15) is 18.0 Å². The lowest BCUT2D eigenvalue weighted by atomic mass is 9.90. The van der Waals surface area contributed by atoms with Crippen molar-refractivity contribution in [2.75, 3.05) is 32.7 Å². The van der Waals surface area contributed by atoms with E-state index in [1.165, 1.54) is 9.87 Å². The van der Waals surface area contributed by atoms with Gasteiger partial charge in [0, 0.05) is 39.6 Å². The van der Waals surface area contributed by atoms with Crippen molar-refractivity contribution in [3.8, 4) is 0 Å². The van der Waals surface area contributed by atoms with Crippen LogP contribution >= 0.6 is 0 Å². The second-order valence-corrected chi connectivity index (χ2v) is 11.5. The van der Waals surface area contributed by atoms with E-state index >= 15 is 0 Å². The van der Waals surface area contributed by atoms with E-state index in [0.29, 0.717) is 30.4 Å². The lowest BCUT2D eigenvalue weighted by molar-refractivity contribution is -0.137. The molecule has 0 aromatic heterocycles. The smallest absolute Gasteiger partial charge is 0.243 e. The van der Waals surface area contributed by atoms with Crippen molar-refractivity contribution in [3.63, 3.8) is 0 Å². The molecule has 0 saturated carbocycles. The maximum Gasteiger partial charge on any atom is 0.243 e. The van der Waals surface area contributed by atoms with E-state index in [4.69, 9.17) is 0 Å².